The Kier molecular flexibility index (Phi) is 5.61. The third-order valence-electron chi connectivity index (χ3n) is 4.60. The fourth-order valence-corrected chi connectivity index (χ4v) is 3.31. The molecule has 0 saturated carbocycles. The molecule has 6 nitrogen and oxygen atoms in total. The first kappa shape index (κ1) is 18.0. The van der Waals surface area contributed by atoms with Crippen molar-refractivity contribution in [1.82, 2.24) is 14.8 Å². The number of benzene rings is 1. The molecule has 2 aromatic rings. The predicted octanol–water partition coefficient (Wildman–Crippen LogP) is 2.86. The van der Waals surface area contributed by atoms with Gasteiger partial charge in [0.25, 0.3) is 0 Å². The summed E-state index contributed by atoms with van der Waals surface area (Å²) in [6, 6.07) is 12.0. The molecule has 0 fully saturated rings. The van der Waals surface area contributed by atoms with Crippen LogP contribution in [0.2, 0.25) is 0 Å². The quantitative estimate of drug-likeness (QED) is 0.839. The predicted molar refractivity (Wildman–Crippen MR) is 98.8 cm³/mol. The van der Waals surface area contributed by atoms with E-state index < -0.39 is 0 Å². The molecule has 26 heavy (non-hydrogen) atoms. The molecule has 1 aliphatic heterocycles. The second-order valence-corrected chi connectivity index (χ2v) is 6.42. The van der Waals surface area contributed by atoms with E-state index >= 15 is 0 Å². The second-order valence-electron chi connectivity index (χ2n) is 6.42. The third-order valence-corrected chi connectivity index (χ3v) is 4.60. The number of nitrogens with zero attached hydrogens (tertiary/aromatic N) is 2. The van der Waals surface area contributed by atoms with Gasteiger partial charge in [-0.1, -0.05) is 29.8 Å². The summed E-state index contributed by atoms with van der Waals surface area (Å²) in [7, 11) is 0. The lowest BCUT2D eigenvalue weighted by molar-refractivity contribution is -0.142. The van der Waals surface area contributed by atoms with E-state index in [0.717, 1.165) is 17.8 Å². The zero-order valence-corrected chi connectivity index (χ0v) is 15.3. The van der Waals surface area contributed by atoms with Crippen LogP contribution < -0.4 is 5.32 Å². The minimum atomic E-state index is -0.296. The maximum Gasteiger partial charge on any atom is 0.318 e. The summed E-state index contributed by atoms with van der Waals surface area (Å²) in [4.78, 5) is 26.1. The molecule has 138 valence electrons. The maximum atomic E-state index is 12.8. The number of esters is 1. The molecule has 0 radical (unpaired) electrons. The average Bonchev–Trinajstić information content (AvgIpc) is 3.10. The van der Waals surface area contributed by atoms with Gasteiger partial charge in [-0.3, -0.25) is 4.79 Å². The van der Waals surface area contributed by atoms with E-state index in [1.165, 1.54) is 5.56 Å². The van der Waals surface area contributed by atoms with Crippen LogP contribution >= 0.6 is 0 Å². The van der Waals surface area contributed by atoms with E-state index in [9.17, 15) is 9.59 Å². The standard InChI is InChI=1S/C20H25N3O3/c1-3-26-18(24)10-11-21-20(25)23-14-13-22-12-4-5-17(22)19(23)16-8-6-15(2)7-9-16/h4-9,12,19H,3,10-11,13-14H2,1-2H3,(H,21,25). The molecule has 1 aliphatic rings. The molecule has 0 aliphatic carbocycles. The number of aryl methyl sites for hydroxylation is 1. The van der Waals surface area contributed by atoms with Crippen molar-refractivity contribution in [3.63, 3.8) is 0 Å². The fourth-order valence-electron chi connectivity index (χ4n) is 3.31. The fraction of sp³-hybridized carbons (Fsp3) is 0.400. The molecule has 2 amide bonds. The van der Waals surface area contributed by atoms with Gasteiger partial charge in [-0.05, 0) is 31.5 Å². The number of fused-ring (bicyclic) bond motifs is 1. The van der Waals surface area contributed by atoms with Crippen LogP contribution in [0.1, 0.15) is 36.2 Å². The van der Waals surface area contributed by atoms with Crippen molar-refractivity contribution in [3.8, 4) is 0 Å². The molecular weight excluding hydrogens is 330 g/mol. The Morgan fingerprint density at radius 3 is 2.69 bits per heavy atom. The molecule has 2 heterocycles. The van der Waals surface area contributed by atoms with Crippen LogP contribution in [0.25, 0.3) is 0 Å². The minimum Gasteiger partial charge on any atom is -0.466 e. The number of carbonyl (C=O) groups excluding carboxylic acids is 2. The molecule has 1 unspecified atom stereocenters. The largest absolute Gasteiger partial charge is 0.466 e. The highest BCUT2D eigenvalue weighted by atomic mass is 16.5. The monoisotopic (exact) mass is 355 g/mol. The van der Waals surface area contributed by atoms with Crippen molar-refractivity contribution in [2.24, 2.45) is 0 Å². The summed E-state index contributed by atoms with van der Waals surface area (Å²) < 4.78 is 7.09. The summed E-state index contributed by atoms with van der Waals surface area (Å²) in [5.74, 6) is -0.296. The number of nitrogens with one attached hydrogen (secondary N) is 1. The highest BCUT2D eigenvalue weighted by Crippen LogP contribution is 2.32. The molecule has 0 bridgehead atoms. The van der Waals surface area contributed by atoms with E-state index in [1.807, 2.05) is 24.1 Å². The van der Waals surface area contributed by atoms with Gasteiger partial charge >= 0.3 is 12.0 Å². The van der Waals surface area contributed by atoms with Crippen LogP contribution in [-0.2, 0) is 16.1 Å². The van der Waals surface area contributed by atoms with Crippen LogP contribution in [0, 0.1) is 6.92 Å². The Morgan fingerprint density at radius 1 is 1.19 bits per heavy atom. The minimum absolute atomic E-state index is 0.137. The zero-order valence-electron chi connectivity index (χ0n) is 15.3. The van der Waals surface area contributed by atoms with Crippen LogP contribution in [0.3, 0.4) is 0 Å². The van der Waals surface area contributed by atoms with Gasteiger partial charge in [-0.15, -0.1) is 0 Å². The van der Waals surface area contributed by atoms with Gasteiger partial charge in [0.2, 0.25) is 0 Å². The van der Waals surface area contributed by atoms with Crippen molar-refractivity contribution in [3.05, 3.63) is 59.4 Å². The first-order valence-electron chi connectivity index (χ1n) is 9.02. The summed E-state index contributed by atoms with van der Waals surface area (Å²) in [6.45, 7) is 5.82. The molecule has 0 spiro atoms. The summed E-state index contributed by atoms with van der Waals surface area (Å²) in [5, 5.41) is 2.85. The Balaban J connectivity index is 1.75. The lowest BCUT2D eigenvalue weighted by Gasteiger charge is -2.37. The number of amides is 2. The van der Waals surface area contributed by atoms with Crippen molar-refractivity contribution in [2.75, 3.05) is 19.7 Å². The maximum absolute atomic E-state index is 12.8. The van der Waals surface area contributed by atoms with Crippen LogP contribution in [-0.4, -0.2) is 41.2 Å². The highest BCUT2D eigenvalue weighted by molar-refractivity contribution is 5.76. The van der Waals surface area contributed by atoms with Crippen LogP contribution in [0.4, 0.5) is 4.79 Å². The number of hydrogen-bond donors (Lipinski definition) is 1. The van der Waals surface area contributed by atoms with Gasteiger partial charge in [-0.2, -0.15) is 0 Å². The Morgan fingerprint density at radius 2 is 1.96 bits per heavy atom. The number of rotatable bonds is 5. The Labute approximate surface area is 153 Å². The molecule has 0 saturated heterocycles. The smallest absolute Gasteiger partial charge is 0.318 e. The number of ether oxygens (including phenoxy) is 1. The van der Waals surface area contributed by atoms with Gasteiger partial charge < -0.3 is 19.5 Å². The van der Waals surface area contributed by atoms with Gasteiger partial charge in [0.05, 0.1) is 19.1 Å². The van der Waals surface area contributed by atoms with Crippen LogP contribution in [0.15, 0.2) is 42.6 Å². The third kappa shape index (κ3) is 3.90. The lowest BCUT2D eigenvalue weighted by Crippen LogP contribution is -2.47. The van der Waals surface area contributed by atoms with E-state index in [2.05, 4.69) is 40.2 Å². The van der Waals surface area contributed by atoms with E-state index in [4.69, 9.17) is 4.74 Å². The van der Waals surface area contributed by atoms with E-state index in [-0.39, 0.29) is 31.0 Å². The second kappa shape index (κ2) is 8.08. The lowest BCUT2D eigenvalue weighted by atomic mass is 9.99. The van der Waals surface area contributed by atoms with Gasteiger partial charge in [0.1, 0.15) is 0 Å². The molecular formula is C20H25N3O3. The molecule has 1 aromatic heterocycles. The highest BCUT2D eigenvalue weighted by Gasteiger charge is 2.32. The van der Waals surface area contributed by atoms with Crippen molar-refractivity contribution in [2.45, 2.75) is 32.9 Å². The summed E-state index contributed by atoms with van der Waals surface area (Å²) >= 11 is 0. The van der Waals surface area contributed by atoms with Gasteiger partial charge in [-0.25, -0.2) is 4.79 Å². The van der Waals surface area contributed by atoms with Crippen molar-refractivity contribution >= 4 is 12.0 Å². The number of hydrogen-bond acceptors (Lipinski definition) is 3. The normalized spacial score (nSPS) is 16.1. The number of urea groups is 1. The van der Waals surface area contributed by atoms with E-state index in [0.29, 0.717) is 13.2 Å². The summed E-state index contributed by atoms with van der Waals surface area (Å²) in [6.07, 6.45) is 2.23. The Hall–Kier alpha value is -2.76. The summed E-state index contributed by atoms with van der Waals surface area (Å²) in [5.41, 5.74) is 3.36. The van der Waals surface area contributed by atoms with Gasteiger partial charge in [0.15, 0.2) is 0 Å². The van der Waals surface area contributed by atoms with Gasteiger partial charge in [0, 0.05) is 31.5 Å². The number of aromatic nitrogens is 1. The molecule has 1 aromatic carbocycles. The molecule has 1 N–H and O–H groups in total. The van der Waals surface area contributed by atoms with Crippen LogP contribution in [0.5, 0.6) is 0 Å². The molecule has 6 heteroatoms. The molecule has 1 atom stereocenters. The Bertz CT molecular complexity index is 767. The molecule has 3 rings (SSSR count). The first-order valence-corrected chi connectivity index (χ1v) is 9.02. The first-order chi connectivity index (χ1) is 12.6. The zero-order chi connectivity index (χ0) is 18.5. The van der Waals surface area contributed by atoms with E-state index in [1.54, 1.807) is 6.92 Å². The number of carbonyl (C=O) groups is 2. The SMILES string of the molecule is CCOC(=O)CCNC(=O)N1CCn2cccc2C1c1ccc(C)cc1. The average molecular weight is 355 g/mol. The van der Waals surface area contributed by atoms with Crippen molar-refractivity contribution in [1.29, 1.82) is 0 Å². The van der Waals surface area contributed by atoms with Crippen molar-refractivity contribution < 1.29 is 14.3 Å². The topological polar surface area (TPSA) is 63.6 Å².